The third kappa shape index (κ3) is 7.86. The summed E-state index contributed by atoms with van der Waals surface area (Å²) in [4.78, 5) is 16.3. The van der Waals surface area contributed by atoms with Crippen LogP contribution < -0.4 is 10.6 Å². The lowest BCUT2D eigenvalue weighted by Gasteiger charge is -2.34. The van der Waals surface area contributed by atoms with Gasteiger partial charge in [-0.25, -0.2) is 4.79 Å². The number of carbonyl (C=O) groups is 1. The molecule has 0 aromatic heterocycles. The summed E-state index contributed by atoms with van der Waals surface area (Å²) in [6.45, 7) is 4.75. The number of aryl methyl sites for hydroxylation is 1. The van der Waals surface area contributed by atoms with E-state index in [4.69, 9.17) is 15.6 Å². The number of aliphatic hydroxyl groups is 1. The summed E-state index contributed by atoms with van der Waals surface area (Å²) < 4.78 is 87.9. The Bertz CT molecular complexity index is 1420. The molecular weight excluding hydrogens is 606 g/mol. The van der Waals surface area contributed by atoms with Crippen molar-refractivity contribution in [1.29, 1.82) is 0 Å². The highest BCUT2D eigenvalue weighted by atomic mass is 19.4. The number of guanidine groups is 1. The number of nitrogens with zero attached hydrogens (tertiary/aromatic N) is 5. The fourth-order valence-electron chi connectivity index (χ4n) is 5.94. The minimum absolute atomic E-state index is 0.0697. The maximum atomic E-state index is 13.7. The third-order valence-corrected chi connectivity index (χ3v) is 7.75. The van der Waals surface area contributed by atoms with Gasteiger partial charge in [0, 0.05) is 13.1 Å². The average molecular weight is 643 g/mol. The number of nitrogens with two attached hydrogens (primary N) is 1. The molecule has 0 fully saturated rings. The summed E-state index contributed by atoms with van der Waals surface area (Å²) in [5, 5.41) is 20.2. The van der Waals surface area contributed by atoms with Crippen LogP contribution in [-0.2, 0) is 36.5 Å². The van der Waals surface area contributed by atoms with Crippen LogP contribution in [0.2, 0.25) is 0 Å². The Morgan fingerprint density at radius 1 is 1.07 bits per heavy atom. The number of hydrogen-bond acceptors (Lipinski definition) is 5. The Morgan fingerprint density at radius 2 is 1.71 bits per heavy atom. The van der Waals surface area contributed by atoms with Gasteiger partial charge in [-0.05, 0) is 104 Å². The second-order valence-corrected chi connectivity index (χ2v) is 11.4. The van der Waals surface area contributed by atoms with Crippen molar-refractivity contribution in [2.45, 2.75) is 83.9 Å². The van der Waals surface area contributed by atoms with E-state index in [0.29, 0.717) is 42.6 Å². The monoisotopic (exact) mass is 642 g/mol. The first-order valence-corrected chi connectivity index (χ1v) is 14.6. The lowest BCUT2D eigenvalue weighted by Crippen LogP contribution is -2.40. The number of hydrogen-bond donors (Lipinski definition) is 2. The van der Waals surface area contributed by atoms with Gasteiger partial charge < -0.3 is 20.5 Å². The van der Waals surface area contributed by atoms with Crippen molar-refractivity contribution in [3.05, 3.63) is 63.2 Å². The predicted octanol–water partition coefficient (Wildman–Crippen LogP) is 6.88. The number of fused-ring (bicyclic) bond motifs is 3. The summed E-state index contributed by atoms with van der Waals surface area (Å²) in [5.41, 5.74) is 7.37. The minimum atomic E-state index is -5.04. The number of anilines is 1. The average Bonchev–Trinajstić information content (AvgIpc) is 3.37. The zero-order chi connectivity index (χ0) is 33.1. The molecule has 1 atom stereocenters. The number of benzene rings is 2. The molecule has 0 radical (unpaired) electrons. The SMILES string of the molecule is Cc1cc2c(c3c1CCC3)N(C(=O)OC(C)C)CCC[C@@H]2N(Cc1cc(C(F)(F)F)cc(C(F)(F)F)c1)C(N)=NN=NCCO. The number of carbonyl (C=O) groups excluding carboxylic acids is 1. The molecule has 0 saturated carbocycles. The Balaban J connectivity index is 1.91. The summed E-state index contributed by atoms with van der Waals surface area (Å²) >= 11 is 0. The number of amides is 1. The van der Waals surface area contributed by atoms with Crippen LogP contribution in [0.4, 0.5) is 36.8 Å². The lowest BCUT2D eigenvalue weighted by atomic mass is 9.91. The number of ether oxygens (including phenoxy) is 1. The second kappa shape index (κ2) is 13.6. The maximum Gasteiger partial charge on any atom is 0.416 e. The molecule has 3 N–H and O–H groups in total. The Morgan fingerprint density at radius 3 is 2.31 bits per heavy atom. The molecule has 246 valence electrons. The van der Waals surface area contributed by atoms with Gasteiger partial charge in [0.15, 0.2) is 0 Å². The van der Waals surface area contributed by atoms with Gasteiger partial charge in [0.05, 0.1) is 42.1 Å². The summed E-state index contributed by atoms with van der Waals surface area (Å²) in [6, 6.07) is 2.55. The van der Waals surface area contributed by atoms with Crippen LogP contribution >= 0.6 is 0 Å². The maximum absolute atomic E-state index is 13.7. The summed E-state index contributed by atoms with van der Waals surface area (Å²) in [5.74, 6) is -0.310. The van der Waals surface area contributed by atoms with Crippen molar-refractivity contribution in [2.75, 3.05) is 24.6 Å². The molecule has 2 aromatic rings. The van der Waals surface area contributed by atoms with Crippen LogP contribution in [0.3, 0.4) is 0 Å². The molecule has 0 saturated heterocycles. The van der Waals surface area contributed by atoms with E-state index in [0.717, 1.165) is 29.5 Å². The zero-order valence-corrected chi connectivity index (χ0v) is 25.2. The van der Waals surface area contributed by atoms with Gasteiger partial charge >= 0.3 is 18.4 Å². The minimum Gasteiger partial charge on any atom is -0.446 e. The van der Waals surface area contributed by atoms with Crippen LogP contribution in [0.5, 0.6) is 0 Å². The van der Waals surface area contributed by atoms with E-state index in [-0.39, 0.29) is 37.3 Å². The highest BCUT2D eigenvalue weighted by Gasteiger charge is 2.39. The van der Waals surface area contributed by atoms with Gasteiger partial charge in [0.2, 0.25) is 5.96 Å². The quantitative estimate of drug-likeness (QED) is 0.112. The van der Waals surface area contributed by atoms with Gasteiger partial charge in [0.1, 0.15) is 0 Å². The molecule has 4 rings (SSSR count). The molecule has 1 aliphatic heterocycles. The molecule has 1 heterocycles. The molecule has 45 heavy (non-hydrogen) atoms. The molecule has 2 aliphatic rings. The van der Waals surface area contributed by atoms with Crippen LogP contribution in [0.15, 0.2) is 39.7 Å². The number of halogens is 6. The van der Waals surface area contributed by atoms with Crippen LogP contribution in [-0.4, -0.2) is 47.9 Å². The Kier molecular flexibility index (Phi) is 10.3. The third-order valence-electron chi connectivity index (χ3n) is 7.75. The number of aliphatic hydroxyl groups excluding tert-OH is 1. The normalized spacial score (nSPS) is 17.4. The highest BCUT2D eigenvalue weighted by Crippen LogP contribution is 2.45. The number of rotatable bonds is 7. The molecule has 0 unspecified atom stereocenters. The fourth-order valence-corrected chi connectivity index (χ4v) is 5.94. The van der Waals surface area contributed by atoms with Crippen molar-refractivity contribution in [3.63, 3.8) is 0 Å². The first kappa shape index (κ1) is 34.0. The van der Waals surface area contributed by atoms with E-state index in [1.54, 1.807) is 18.7 Å². The Hall–Kier alpha value is -3.88. The standard InChI is InChI=1S/C30H36F6N6O3/c1-17(2)45-28(44)41-10-5-8-25(24-12-18(3)22-6-4-7-23(22)26(24)41)42(27(37)39-40-38-9-11-43)16-19-13-20(29(31,32)33)15-21(14-19)30(34,35)36/h12-15,17,25,43H,4-11,16H2,1-3H3,(H2,37,38,39)/t25-/m0/s1. The van der Waals surface area contributed by atoms with Crippen molar-refractivity contribution >= 4 is 17.7 Å². The van der Waals surface area contributed by atoms with E-state index in [9.17, 15) is 31.1 Å². The summed E-state index contributed by atoms with van der Waals surface area (Å²) in [6.07, 6.45) is -7.96. The largest absolute Gasteiger partial charge is 0.446 e. The van der Waals surface area contributed by atoms with Crippen molar-refractivity contribution in [2.24, 2.45) is 21.2 Å². The molecule has 1 amide bonds. The van der Waals surface area contributed by atoms with Crippen molar-refractivity contribution in [1.82, 2.24) is 4.90 Å². The molecule has 1 aliphatic carbocycles. The van der Waals surface area contributed by atoms with E-state index >= 15 is 0 Å². The van der Waals surface area contributed by atoms with E-state index < -0.39 is 48.3 Å². The molecule has 15 heteroatoms. The van der Waals surface area contributed by atoms with Gasteiger partial charge in [0.25, 0.3) is 0 Å². The van der Waals surface area contributed by atoms with Crippen molar-refractivity contribution in [3.8, 4) is 0 Å². The molecule has 0 spiro atoms. The lowest BCUT2D eigenvalue weighted by molar-refractivity contribution is -0.143. The molecule has 2 aromatic carbocycles. The van der Waals surface area contributed by atoms with E-state index in [2.05, 4.69) is 15.4 Å². The van der Waals surface area contributed by atoms with Gasteiger partial charge in [-0.2, -0.15) is 31.5 Å². The molecular formula is C30H36F6N6O3. The van der Waals surface area contributed by atoms with Gasteiger partial charge in [-0.1, -0.05) is 11.2 Å². The van der Waals surface area contributed by atoms with Crippen molar-refractivity contribution < 1.29 is 41.0 Å². The highest BCUT2D eigenvalue weighted by molar-refractivity contribution is 5.91. The zero-order valence-electron chi connectivity index (χ0n) is 25.2. The van der Waals surface area contributed by atoms with E-state index in [1.165, 1.54) is 4.90 Å². The van der Waals surface area contributed by atoms with Crippen LogP contribution in [0, 0.1) is 6.92 Å². The number of alkyl halides is 6. The van der Waals surface area contributed by atoms with Gasteiger partial charge in [-0.3, -0.25) is 4.90 Å². The smallest absolute Gasteiger partial charge is 0.416 e. The first-order valence-electron chi connectivity index (χ1n) is 14.6. The first-order chi connectivity index (χ1) is 21.1. The summed E-state index contributed by atoms with van der Waals surface area (Å²) in [7, 11) is 0. The van der Waals surface area contributed by atoms with Crippen LogP contribution in [0.25, 0.3) is 0 Å². The van der Waals surface area contributed by atoms with Crippen LogP contribution in [0.1, 0.15) is 78.1 Å². The fraction of sp³-hybridized carbons (Fsp3) is 0.533. The second-order valence-electron chi connectivity index (χ2n) is 11.4. The van der Waals surface area contributed by atoms with Gasteiger partial charge in [-0.15, -0.1) is 0 Å². The van der Waals surface area contributed by atoms with E-state index in [1.807, 2.05) is 13.0 Å². The molecule has 9 nitrogen and oxygen atoms in total. The predicted molar refractivity (Wildman–Crippen MR) is 155 cm³/mol. The Labute approximate surface area is 256 Å². The topological polar surface area (TPSA) is 116 Å². The molecule has 0 bridgehead atoms.